The van der Waals surface area contributed by atoms with E-state index in [9.17, 15) is 4.79 Å². The summed E-state index contributed by atoms with van der Waals surface area (Å²) >= 11 is 1.32. The number of carbonyl (C=O) groups excluding carboxylic acids is 1. The SMILES string of the molecule is Cc1ccc(Cc2c(C)nc3nc(SCC(=O)N[C@@H](C)c4ccccc4)nn3c2C)cc1. The number of hydrogen-bond acceptors (Lipinski definition) is 5. The molecule has 32 heavy (non-hydrogen) atoms. The number of aryl methyl sites for hydroxylation is 3. The fourth-order valence-electron chi connectivity index (χ4n) is 3.66. The molecule has 0 saturated carbocycles. The third kappa shape index (κ3) is 4.99. The Balaban J connectivity index is 1.45. The zero-order chi connectivity index (χ0) is 22.7. The lowest BCUT2D eigenvalue weighted by molar-refractivity contribution is -0.119. The summed E-state index contributed by atoms with van der Waals surface area (Å²) in [4.78, 5) is 21.6. The van der Waals surface area contributed by atoms with Gasteiger partial charge in [0.1, 0.15) is 0 Å². The van der Waals surface area contributed by atoms with E-state index >= 15 is 0 Å². The Morgan fingerprint density at radius 3 is 2.47 bits per heavy atom. The molecule has 1 atom stereocenters. The van der Waals surface area contributed by atoms with Crippen LogP contribution in [0, 0.1) is 20.8 Å². The van der Waals surface area contributed by atoms with Crippen molar-refractivity contribution in [3.8, 4) is 0 Å². The number of hydrogen-bond donors (Lipinski definition) is 1. The van der Waals surface area contributed by atoms with Crippen molar-refractivity contribution in [2.45, 2.75) is 45.3 Å². The first-order chi connectivity index (χ1) is 15.4. The molecule has 1 N–H and O–H groups in total. The van der Waals surface area contributed by atoms with Crippen molar-refractivity contribution in [2.24, 2.45) is 0 Å². The molecule has 7 heteroatoms. The summed E-state index contributed by atoms with van der Waals surface area (Å²) in [6, 6.07) is 18.4. The Hall–Kier alpha value is -3.19. The Bertz CT molecular complexity index is 1230. The molecule has 164 valence electrons. The van der Waals surface area contributed by atoms with Crippen LogP contribution in [0.5, 0.6) is 0 Å². The van der Waals surface area contributed by atoms with Crippen LogP contribution < -0.4 is 5.32 Å². The van der Waals surface area contributed by atoms with Crippen LogP contribution in [-0.4, -0.2) is 31.2 Å². The molecule has 2 aromatic heterocycles. The molecule has 0 fully saturated rings. The first-order valence-electron chi connectivity index (χ1n) is 10.7. The summed E-state index contributed by atoms with van der Waals surface area (Å²) in [5.41, 5.74) is 6.69. The van der Waals surface area contributed by atoms with Crippen molar-refractivity contribution in [2.75, 3.05) is 5.75 Å². The minimum absolute atomic E-state index is 0.0470. The van der Waals surface area contributed by atoms with E-state index in [-0.39, 0.29) is 17.7 Å². The van der Waals surface area contributed by atoms with Crippen LogP contribution in [0.3, 0.4) is 0 Å². The molecule has 0 unspecified atom stereocenters. The van der Waals surface area contributed by atoms with Gasteiger partial charge in [-0.15, -0.1) is 5.10 Å². The standard InChI is InChI=1S/C25H27N5OS/c1-16-10-12-20(13-11-16)14-22-18(3)27-24-28-25(29-30(24)19(22)4)32-15-23(31)26-17(2)21-8-6-5-7-9-21/h5-13,17H,14-15H2,1-4H3,(H,26,31)/t17-/m0/s1. The van der Waals surface area contributed by atoms with E-state index in [1.807, 2.05) is 51.1 Å². The largest absolute Gasteiger partial charge is 0.349 e. The number of thioether (sulfide) groups is 1. The number of rotatable bonds is 7. The minimum atomic E-state index is -0.0499. The van der Waals surface area contributed by atoms with Gasteiger partial charge in [0.05, 0.1) is 11.8 Å². The van der Waals surface area contributed by atoms with Gasteiger partial charge in [0.25, 0.3) is 5.78 Å². The van der Waals surface area contributed by atoms with Crippen molar-refractivity contribution in [3.63, 3.8) is 0 Å². The molecule has 4 rings (SSSR count). The van der Waals surface area contributed by atoms with Crippen LogP contribution in [-0.2, 0) is 11.2 Å². The molecule has 2 aromatic carbocycles. The molecule has 0 aliphatic heterocycles. The third-order valence-corrected chi connectivity index (χ3v) is 6.38. The summed E-state index contributed by atoms with van der Waals surface area (Å²) in [5, 5.41) is 8.18. The van der Waals surface area contributed by atoms with Gasteiger partial charge in [0, 0.05) is 17.8 Å². The van der Waals surface area contributed by atoms with Crippen LogP contribution >= 0.6 is 11.8 Å². The highest BCUT2D eigenvalue weighted by Gasteiger charge is 2.16. The number of aromatic nitrogens is 4. The number of carbonyl (C=O) groups is 1. The van der Waals surface area contributed by atoms with E-state index in [1.54, 1.807) is 4.52 Å². The second kappa shape index (κ2) is 9.53. The Labute approximate surface area is 192 Å². The number of nitrogens with zero attached hydrogens (tertiary/aromatic N) is 4. The minimum Gasteiger partial charge on any atom is -0.349 e. The highest BCUT2D eigenvalue weighted by Crippen LogP contribution is 2.21. The number of nitrogens with one attached hydrogen (secondary N) is 1. The average Bonchev–Trinajstić information content (AvgIpc) is 3.20. The second-order valence-corrected chi connectivity index (χ2v) is 8.96. The number of amides is 1. The van der Waals surface area contributed by atoms with Crippen molar-refractivity contribution in [3.05, 3.63) is 88.2 Å². The normalized spacial score (nSPS) is 12.1. The molecule has 4 aromatic rings. The average molecular weight is 446 g/mol. The van der Waals surface area contributed by atoms with Gasteiger partial charge >= 0.3 is 0 Å². The fraction of sp³-hybridized carbons (Fsp3) is 0.280. The fourth-order valence-corrected chi connectivity index (χ4v) is 4.28. The van der Waals surface area contributed by atoms with E-state index in [2.05, 4.69) is 51.6 Å². The monoisotopic (exact) mass is 445 g/mol. The van der Waals surface area contributed by atoms with Crippen molar-refractivity contribution < 1.29 is 4.79 Å². The first kappa shape index (κ1) is 22.0. The number of fused-ring (bicyclic) bond motifs is 1. The Kier molecular flexibility index (Phi) is 6.55. The lowest BCUT2D eigenvalue weighted by Gasteiger charge is -2.13. The van der Waals surface area contributed by atoms with Crippen molar-refractivity contribution >= 4 is 23.4 Å². The van der Waals surface area contributed by atoms with Crippen LogP contribution in [0.25, 0.3) is 5.78 Å². The van der Waals surface area contributed by atoms with Gasteiger partial charge in [-0.2, -0.15) is 4.98 Å². The summed E-state index contributed by atoms with van der Waals surface area (Å²) in [5.74, 6) is 0.766. The molecule has 0 bridgehead atoms. The van der Waals surface area contributed by atoms with Crippen LogP contribution in [0.1, 0.15) is 46.6 Å². The van der Waals surface area contributed by atoms with Crippen LogP contribution in [0.15, 0.2) is 59.8 Å². The molecule has 0 radical (unpaired) electrons. The summed E-state index contributed by atoms with van der Waals surface area (Å²) in [6.45, 7) is 8.12. The van der Waals surface area contributed by atoms with Crippen molar-refractivity contribution in [1.29, 1.82) is 0 Å². The van der Waals surface area contributed by atoms with Gasteiger partial charge in [-0.3, -0.25) is 4.79 Å². The van der Waals surface area contributed by atoms with Gasteiger partial charge in [-0.05, 0) is 44.4 Å². The summed E-state index contributed by atoms with van der Waals surface area (Å²) < 4.78 is 1.78. The molecular formula is C25H27N5OS. The van der Waals surface area contributed by atoms with E-state index in [4.69, 9.17) is 0 Å². The Morgan fingerprint density at radius 2 is 1.75 bits per heavy atom. The zero-order valence-corrected chi connectivity index (χ0v) is 19.6. The molecule has 6 nitrogen and oxygen atoms in total. The predicted octanol–water partition coefficient (Wildman–Crippen LogP) is 4.61. The lowest BCUT2D eigenvalue weighted by Crippen LogP contribution is -2.28. The van der Waals surface area contributed by atoms with Gasteiger partial charge < -0.3 is 5.32 Å². The highest BCUT2D eigenvalue weighted by molar-refractivity contribution is 7.99. The maximum Gasteiger partial charge on any atom is 0.253 e. The van der Waals surface area contributed by atoms with E-state index in [0.29, 0.717) is 10.9 Å². The maximum absolute atomic E-state index is 12.4. The van der Waals surface area contributed by atoms with E-state index < -0.39 is 0 Å². The molecule has 0 saturated heterocycles. The van der Waals surface area contributed by atoms with E-state index in [1.165, 1.54) is 22.9 Å². The highest BCUT2D eigenvalue weighted by atomic mass is 32.2. The molecular weight excluding hydrogens is 418 g/mol. The lowest BCUT2D eigenvalue weighted by atomic mass is 10.0. The van der Waals surface area contributed by atoms with Gasteiger partial charge in [-0.1, -0.05) is 71.9 Å². The molecule has 0 aliphatic rings. The quantitative estimate of drug-likeness (QED) is 0.421. The van der Waals surface area contributed by atoms with Crippen LogP contribution in [0.4, 0.5) is 0 Å². The van der Waals surface area contributed by atoms with Crippen molar-refractivity contribution in [1.82, 2.24) is 24.9 Å². The molecule has 0 aliphatic carbocycles. The topological polar surface area (TPSA) is 72.2 Å². The molecule has 1 amide bonds. The van der Waals surface area contributed by atoms with Crippen LogP contribution in [0.2, 0.25) is 0 Å². The maximum atomic E-state index is 12.4. The van der Waals surface area contributed by atoms with Gasteiger partial charge in [-0.25, -0.2) is 9.50 Å². The number of benzene rings is 2. The van der Waals surface area contributed by atoms with Gasteiger partial charge in [0.2, 0.25) is 11.1 Å². The Morgan fingerprint density at radius 1 is 1.03 bits per heavy atom. The van der Waals surface area contributed by atoms with Gasteiger partial charge in [0.15, 0.2) is 0 Å². The first-order valence-corrected chi connectivity index (χ1v) is 11.6. The predicted molar refractivity (Wildman–Crippen MR) is 128 cm³/mol. The second-order valence-electron chi connectivity index (χ2n) is 8.02. The molecule has 2 heterocycles. The zero-order valence-electron chi connectivity index (χ0n) is 18.8. The summed E-state index contributed by atoms with van der Waals surface area (Å²) in [6.07, 6.45) is 0.795. The smallest absolute Gasteiger partial charge is 0.253 e. The summed E-state index contributed by atoms with van der Waals surface area (Å²) in [7, 11) is 0. The van der Waals surface area contributed by atoms with E-state index in [0.717, 1.165) is 28.9 Å². The third-order valence-electron chi connectivity index (χ3n) is 5.54. The molecule has 0 spiro atoms.